The summed E-state index contributed by atoms with van der Waals surface area (Å²) in [5.41, 5.74) is 14.3. The molecule has 0 saturated carbocycles. The highest BCUT2D eigenvalue weighted by Crippen LogP contribution is 2.42. The van der Waals surface area contributed by atoms with Crippen molar-refractivity contribution >= 4 is 0 Å². The van der Waals surface area contributed by atoms with Crippen LogP contribution in [-0.4, -0.2) is 33.0 Å². The zero-order valence-corrected chi connectivity index (χ0v) is 11.1. The molecule has 1 aromatic carbocycles. The lowest BCUT2D eigenvalue weighted by atomic mass is 9.74. The van der Waals surface area contributed by atoms with E-state index in [2.05, 4.69) is 0 Å². The Kier molecular flexibility index (Phi) is 3.12. The lowest BCUT2D eigenvalue weighted by Crippen LogP contribution is -2.55. The molecular weight excluding hydrogens is 244 g/mol. The summed E-state index contributed by atoms with van der Waals surface area (Å²) in [6.45, 7) is 4.99. The number of benzene rings is 1. The van der Waals surface area contributed by atoms with Crippen molar-refractivity contribution in [1.29, 1.82) is 0 Å². The van der Waals surface area contributed by atoms with Gasteiger partial charge in [-0.2, -0.15) is 0 Å². The molecule has 0 aromatic heterocycles. The number of hydrogen-bond acceptors (Lipinski definition) is 5. The fraction of sp³-hybridized carbons (Fsp3) is 0.571. The van der Waals surface area contributed by atoms with Gasteiger partial charge in [-0.1, -0.05) is 0 Å². The first-order valence-electron chi connectivity index (χ1n) is 6.60. The molecule has 0 amide bonds. The number of aryl methyl sites for hydroxylation is 1. The SMILES string of the molecule is Cc1cc2c(cc1C(N)C1(CN)COC1)OCCO2. The summed E-state index contributed by atoms with van der Waals surface area (Å²) in [7, 11) is 0. The van der Waals surface area contributed by atoms with Crippen LogP contribution in [0.25, 0.3) is 0 Å². The number of fused-ring (bicyclic) bond motifs is 1. The topological polar surface area (TPSA) is 79.7 Å². The molecule has 3 rings (SSSR count). The van der Waals surface area contributed by atoms with Crippen molar-refractivity contribution in [3.05, 3.63) is 23.3 Å². The largest absolute Gasteiger partial charge is 0.486 e. The highest BCUT2D eigenvalue weighted by molar-refractivity contribution is 5.49. The Morgan fingerprint density at radius 3 is 2.37 bits per heavy atom. The molecule has 1 aromatic rings. The van der Waals surface area contributed by atoms with Crippen LogP contribution in [0.2, 0.25) is 0 Å². The Morgan fingerprint density at radius 2 is 1.84 bits per heavy atom. The molecule has 1 saturated heterocycles. The van der Waals surface area contributed by atoms with Crippen LogP contribution in [0.15, 0.2) is 12.1 Å². The van der Waals surface area contributed by atoms with Crippen molar-refractivity contribution in [2.24, 2.45) is 16.9 Å². The van der Waals surface area contributed by atoms with Gasteiger partial charge in [0.05, 0.1) is 13.2 Å². The van der Waals surface area contributed by atoms with Crippen LogP contribution in [0.3, 0.4) is 0 Å². The van der Waals surface area contributed by atoms with E-state index in [0.29, 0.717) is 33.0 Å². The zero-order valence-electron chi connectivity index (χ0n) is 11.1. The number of ether oxygens (including phenoxy) is 3. The van der Waals surface area contributed by atoms with Crippen LogP contribution in [0, 0.1) is 12.3 Å². The molecule has 5 nitrogen and oxygen atoms in total. The molecular formula is C14H20N2O3. The summed E-state index contributed by atoms with van der Waals surface area (Å²) >= 11 is 0. The van der Waals surface area contributed by atoms with Crippen molar-refractivity contribution in [2.75, 3.05) is 33.0 Å². The van der Waals surface area contributed by atoms with E-state index in [-0.39, 0.29) is 11.5 Å². The van der Waals surface area contributed by atoms with Crippen LogP contribution < -0.4 is 20.9 Å². The third kappa shape index (κ3) is 1.98. The monoisotopic (exact) mass is 264 g/mol. The van der Waals surface area contributed by atoms with Crippen molar-refractivity contribution in [3.63, 3.8) is 0 Å². The van der Waals surface area contributed by atoms with E-state index in [1.54, 1.807) is 0 Å². The van der Waals surface area contributed by atoms with E-state index in [1.807, 2.05) is 19.1 Å². The number of hydrogen-bond donors (Lipinski definition) is 2. The fourth-order valence-corrected chi connectivity index (χ4v) is 2.66. The summed E-state index contributed by atoms with van der Waals surface area (Å²) in [6, 6.07) is 3.85. The van der Waals surface area contributed by atoms with Crippen LogP contribution in [-0.2, 0) is 4.74 Å². The summed E-state index contributed by atoms with van der Waals surface area (Å²) in [4.78, 5) is 0. The van der Waals surface area contributed by atoms with Gasteiger partial charge in [-0.3, -0.25) is 0 Å². The Morgan fingerprint density at radius 1 is 1.21 bits per heavy atom. The second-order valence-corrected chi connectivity index (χ2v) is 5.39. The lowest BCUT2D eigenvalue weighted by molar-refractivity contribution is -0.121. The Balaban J connectivity index is 1.96. The second kappa shape index (κ2) is 4.67. The quantitative estimate of drug-likeness (QED) is 0.841. The van der Waals surface area contributed by atoms with Crippen molar-refractivity contribution in [2.45, 2.75) is 13.0 Å². The minimum Gasteiger partial charge on any atom is -0.486 e. The van der Waals surface area contributed by atoms with Crippen molar-refractivity contribution in [1.82, 2.24) is 0 Å². The lowest BCUT2D eigenvalue weighted by Gasteiger charge is -2.45. The van der Waals surface area contributed by atoms with Gasteiger partial charge in [0.1, 0.15) is 13.2 Å². The third-order valence-electron chi connectivity index (χ3n) is 4.11. The van der Waals surface area contributed by atoms with Crippen LogP contribution in [0.5, 0.6) is 11.5 Å². The van der Waals surface area contributed by atoms with Gasteiger partial charge in [0.25, 0.3) is 0 Å². The molecule has 0 aliphatic carbocycles. The molecule has 2 heterocycles. The Bertz CT molecular complexity index is 480. The van der Waals surface area contributed by atoms with Gasteiger partial charge in [0, 0.05) is 18.0 Å². The summed E-state index contributed by atoms with van der Waals surface area (Å²) in [5, 5.41) is 0. The molecule has 1 atom stereocenters. The predicted octanol–water partition coefficient (Wildman–Crippen LogP) is 0.741. The first-order valence-corrected chi connectivity index (χ1v) is 6.60. The average Bonchev–Trinajstić information content (AvgIpc) is 2.37. The predicted molar refractivity (Wildman–Crippen MR) is 71.4 cm³/mol. The van der Waals surface area contributed by atoms with E-state index < -0.39 is 0 Å². The van der Waals surface area contributed by atoms with Gasteiger partial charge in [-0.25, -0.2) is 0 Å². The van der Waals surface area contributed by atoms with Gasteiger partial charge in [0.2, 0.25) is 0 Å². The Labute approximate surface area is 112 Å². The number of rotatable bonds is 3. The highest BCUT2D eigenvalue weighted by atomic mass is 16.6. The van der Waals surface area contributed by atoms with E-state index >= 15 is 0 Å². The molecule has 5 heteroatoms. The van der Waals surface area contributed by atoms with Crippen LogP contribution >= 0.6 is 0 Å². The van der Waals surface area contributed by atoms with E-state index in [1.165, 1.54) is 0 Å². The smallest absolute Gasteiger partial charge is 0.161 e. The molecule has 2 aliphatic rings. The molecule has 19 heavy (non-hydrogen) atoms. The molecule has 0 radical (unpaired) electrons. The van der Waals surface area contributed by atoms with Crippen LogP contribution in [0.4, 0.5) is 0 Å². The third-order valence-corrected chi connectivity index (χ3v) is 4.11. The second-order valence-electron chi connectivity index (χ2n) is 5.39. The van der Waals surface area contributed by atoms with Gasteiger partial charge >= 0.3 is 0 Å². The van der Waals surface area contributed by atoms with E-state index in [9.17, 15) is 0 Å². The minimum atomic E-state index is -0.144. The maximum absolute atomic E-state index is 6.42. The maximum atomic E-state index is 6.42. The summed E-state index contributed by atoms with van der Waals surface area (Å²) in [5.74, 6) is 1.57. The number of nitrogens with two attached hydrogens (primary N) is 2. The highest BCUT2D eigenvalue weighted by Gasteiger charge is 2.44. The van der Waals surface area contributed by atoms with E-state index in [0.717, 1.165) is 22.6 Å². The standard InChI is InChI=1S/C14H20N2O3/c1-9-4-11-12(19-3-2-18-11)5-10(9)13(16)14(6-15)7-17-8-14/h4-5,13H,2-3,6-8,15-16H2,1H3. The molecule has 1 fully saturated rings. The van der Waals surface area contributed by atoms with Gasteiger partial charge < -0.3 is 25.7 Å². The zero-order chi connectivity index (χ0) is 13.5. The van der Waals surface area contributed by atoms with E-state index in [4.69, 9.17) is 25.7 Å². The fourth-order valence-electron chi connectivity index (χ4n) is 2.66. The van der Waals surface area contributed by atoms with Crippen molar-refractivity contribution in [3.8, 4) is 11.5 Å². The Hall–Kier alpha value is -1.30. The summed E-state index contributed by atoms with van der Waals surface area (Å²) in [6.07, 6.45) is 0. The molecule has 0 spiro atoms. The molecule has 2 aliphatic heterocycles. The van der Waals surface area contributed by atoms with Crippen LogP contribution in [0.1, 0.15) is 17.2 Å². The van der Waals surface area contributed by atoms with Gasteiger partial charge in [-0.05, 0) is 30.2 Å². The normalized spacial score (nSPS) is 21.6. The minimum absolute atomic E-state index is 0.137. The molecule has 1 unspecified atom stereocenters. The first kappa shape index (κ1) is 12.7. The molecule has 0 bridgehead atoms. The maximum Gasteiger partial charge on any atom is 0.161 e. The van der Waals surface area contributed by atoms with Crippen molar-refractivity contribution < 1.29 is 14.2 Å². The molecule has 104 valence electrons. The van der Waals surface area contributed by atoms with Gasteiger partial charge in [0.15, 0.2) is 11.5 Å². The first-order chi connectivity index (χ1) is 9.16. The molecule has 4 N–H and O–H groups in total. The van der Waals surface area contributed by atoms with Gasteiger partial charge in [-0.15, -0.1) is 0 Å². The summed E-state index contributed by atoms with van der Waals surface area (Å²) < 4.78 is 16.5. The average molecular weight is 264 g/mol.